The van der Waals surface area contributed by atoms with Crippen molar-refractivity contribution in [2.75, 3.05) is 12.9 Å². The lowest BCUT2D eigenvalue weighted by Gasteiger charge is -2.10. The molecule has 1 aliphatic carbocycles. The van der Waals surface area contributed by atoms with Gasteiger partial charge in [-0.25, -0.2) is 8.42 Å². The van der Waals surface area contributed by atoms with E-state index in [4.69, 9.17) is 4.74 Å². The Labute approximate surface area is 113 Å². The van der Waals surface area contributed by atoms with Gasteiger partial charge < -0.3 is 4.74 Å². The van der Waals surface area contributed by atoms with E-state index in [-0.39, 0.29) is 10.8 Å². The smallest absolute Gasteiger partial charge is 0.175 e. The van der Waals surface area contributed by atoms with Crippen LogP contribution in [0.25, 0.3) is 0 Å². The highest BCUT2D eigenvalue weighted by atomic mass is 32.2. The van der Waals surface area contributed by atoms with Crippen molar-refractivity contribution in [1.29, 1.82) is 0 Å². The first-order chi connectivity index (χ1) is 8.97. The van der Waals surface area contributed by atoms with E-state index in [1.807, 2.05) is 0 Å². The third-order valence-electron chi connectivity index (χ3n) is 3.40. The van der Waals surface area contributed by atoms with Gasteiger partial charge in [0.25, 0.3) is 0 Å². The minimum atomic E-state index is -3.21. The predicted molar refractivity (Wildman–Crippen MR) is 72.0 cm³/mol. The van der Waals surface area contributed by atoms with Crippen LogP contribution in [0.3, 0.4) is 0 Å². The molecule has 0 aliphatic heterocycles. The number of Topliss-reactive ketones (excluding diaryl/α,β-unsaturated/α-hetero) is 1. The van der Waals surface area contributed by atoms with Gasteiger partial charge in [0.1, 0.15) is 11.5 Å². The Morgan fingerprint density at radius 1 is 1.37 bits per heavy atom. The summed E-state index contributed by atoms with van der Waals surface area (Å²) in [7, 11) is -3.21. The maximum Gasteiger partial charge on any atom is 0.175 e. The number of carbonyl (C=O) groups excluding carboxylic acids is 1. The molecule has 0 radical (unpaired) electrons. The SMILES string of the molecule is CS(=O)(=O)c1cccc(OCCC2CCCC2=O)c1. The Morgan fingerprint density at radius 3 is 2.79 bits per heavy atom. The molecular formula is C14H18O4S. The largest absolute Gasteiger partial charge is 0.494 e. The number of carbonyl (C=O) groups is 1. The summed E-state index contributed by atoms with van der Waals surface area (Å²) < 4.78 is 28.4. The second-order valence-corrected chi connectivity index (χ2v) is 6.96. The van der Waals surface area contributed by atoms with Crippen molar-refractivity contribution in [3.63, 3.8) is 0 Å². The van der Waals surface area contributed by atoms with Crippen LogP contribution in [0.5, 0.6) is 5.75 Å². The van der Waals surface area contributed by atoms with Crippen LogP contribution in [0.4, 0.5) is 0 Å². The molecular weight excluding hydrogens is 264 g/mol. The van der Waals surface area contributed by atoms with Gasteiger partial charge in [-0.05, 0) is 37.5 Å². The lowest BCUT2D eigenvalue weighted by molar-refractivity contribution is -0.121. The number of hydrogen-bond donors (Lipinski definition) is 0. The van der Waals surface area contributed by atoms with Crippen molar-refractivity contribution in [3.8, 4) is 5.75 Å². The lowest BCUT2D eigenvalue weighted by Crippen LogP contribution is -2.11. The van der Waals surface area contributed by atoms with E-state index in [0.29, 0.717) is 31.0 Å². The molecule has 5 heteroatoms. The Kier molecular flexibility index (Phi) is 4.24. The second-order valence-electron chi connectivity index (χ2n) is 4.94. The molecule has 1 atom stereocenters. The van der Waals surface area contributed by atoms with Crippen LogP contribution in [0.1, 0.15) is 25.7 Å². The van der Waals surface area contributed by atoms with Crippen LogP contribution in [-0.4, -0.2) is 27.1 Å². The van der Waals surface area contributed by atoms with Gasteiger partial charge >= 0.3 is 0 Å². The van der Waals surface area contributed by atoms with Crippen LogP contribution in [-0.2, 0) is 14.6 Å². The topological polar surface area (TPSA) is 60.4 Å². The van der Waals surface area contributed by atoms with Gasteiger partial charge in [0.05, 0.1) is 11.5 Å². The Balaban J connectivity index is 1.91. The first-order valence-electron chi connectivity index (χ1n) is 6.42. The summed E-state index contributed by atoms with van der Waals surface area (Å²) in [6.45, 7) is 0.448. The molecule has 0 N–H and O–H groups in total. The second kappa shape index (κ2) is 5.74. The Morgan fingerprint density at radius 2 is 2.16 bits per heavy atom. The Bertz CT molecular complexity index is 563. The third kappa shape index (κ3) is 3.80. The standard InChI is InChI=1S/C14H18O4S/c1-19(16,17)13-6-3-5-12(10-13)18-9-8-11-4-2-7-14(11)15/h3,5-6,10-11H,2,4,7-9H2,1H3. The first kappa shape index (κ1) is 14.1. The minimum Gasteiger partial charge on any atom is -0.494 e. The predicted octanol–water partition coefficient (Wildman–Crippen LogP) is 2.23. The average molecular weight is 282 g/mol. The highest BCUT2D eigenvalue weighted by molar-refractivity contribution is 7.90. The summed E-state index contributed by atoms with van der Waals surface area (Å²) in [5, 5.41) is 0. The minimum absolute atomic E-state index is 0.123. The fraction of sp³-hybridized carbons (Fsp3) is 0.500. The zero-order valence-electron chi connectivity index (χ0n) is 11.0. The van der Waals surface area contributed by atoms with Gasteiger partial charge in [0.15, 0.2) is 9.84 Å². The number of rotatable bonds is 5. The highest BCUT2D eigenvalue weighted by Crippen LogP contribution is 2.25. The van der Waals surface area contributed by atoms with Crippen molar-refractivity contribution in [3.05, 3.63) is 24.3 Å². The molecule has 1 aromatic rings. The van der Waals surface area contributed by atoms with Crippen molar-refractivity contribution in [2.45, 2.75) is 30.6 Å². The maximum atomic E-state index is 11.5. The summed E-state index contributed by atoms with van der Waals surface area (Å²) in [5.74, 6) is 0.986. The number of ether oxygens (including phenoxy) is 1. The molecule has 1 unspecified atom stereocenters. The summed E-state index contributed by atoms with van der Waals surface area (Å²) in [4.78, 5) is 11.7. The molecule has 1 saturated carbocycles. The average Bonchev–Trinajstić information content (AvgIpc) is 2.75. The number of benzene rings is 1. The third-order valence-corrected chi connectivity index (χ3v) is 4.51. The fourth-order valence-electron chi connectivity index (χ4n) is 2.31. The molecule has 1 aromatic carbocycles. The van der Waals surface area contributed by atoms with Crippen molar-refractivity contribution < 1.29 is 17.9 Å². The van der Waals surface area contributed by atoms with Crippen molar-refractivity contribution >= 4 is 15.6 Å². The van der Waals surface area contributed by atoms with Gasteiger partial charge in [0, 0.05) is 18.6 Å². The van der Waals surface area contributed by atoms with Crippen molar-refractivity contribution in [1.82, 2.24) is 0 Å². The molecule has 19 heavy (non-hydrogen) atoms. The molecule has 0 heterocycles. The van der Waals surface area contributed by atoms with E-state index >= 15 is 0 Å². The first-order valence-corrected chi connectivity index (χ1v) is 8.31. The van der Waals surface area contributed by atoms with Gasteiger partial charge in [0.2, 0.25) is 0 Å². The number of sulfone groups is 1. The molecule has 1 fully saturated rings. The molecule has 2 rings (SSSR count). The molecule has 4 nitrogen and oxygen atoms in total. The van der Waals surface area contributed by atoms with Crippen LogP contribution in [0, 0.1) is 5.92 Å². The quantitative estimate of drug-likeness (QED) is 0.831. The van der Waals surface area contributed by atoms with E-state index in [1.165, 1.54) is 12.3 Å². The molecule has 0 amide bonds. The number of ketones is 1. The van der Waals surface area contributed by atoms with E-state index in [2.05, 4.69) is 0 Å². The zero-order valence-corrected chi connectivity index (χ0v) is 11.8. The summed E-state index contributed by atoms with van der Waals surface area (Å²) in [6.07, 6.45) is 4.50. The van der Waals surface area contributed by atoms with Crippen molar-refractivity contribution in [2.24, 2.45) is 5.92 Å². The van der Waals surface area contributed by atoms with E-state index in [1.54, 1.807) is 18.2 Å². The monoisotopic (exact) mass is 282 g/mol. The summed E-state index contributed by atoms with van der Waals surface area (Å²) >= 11 is 0. The van der Waals surface area contributed by atoms with E-state index in [9.17, 15) is 13.2 Å². The highest BCUT2D eigenvalue weighted by Gasteiger charge is 2.23. The van der Waals surface area contributed by atoms with Crippen LogP contribution in [0.15, 0.2) is 29.2 Å². The van der Waals surface area contributed by atoms with Gasteiger partial charge in [-0.2, -0.15) is 0 Å². The molecule has 0 spiro atoms. The molecule has 1 aliphatic rings. The maximum absolute atomic E-state index is 11.5. The normalized spacial score (nSPS) is 19.6. The lowest BCUT2D eigenvalue weighted by atomic mass is 10.0. The van der Waals surface area contributed by atoms with Gasteiger partial charge in [-0.3, -0.25) is 4.79 Å². The molecule has 0 saturated heterocycles. The van der Waals surface area contributed by atoms with Crippen LogP contribution >= 0.6 is 0 Å². The summed E-state index contributed by atoms with van der Waals surface area (Å²) in [5.41, 5.74) is 0. The van der Waals surface area contributed by atoms with Crippen LogP contribution in [0.2, 0.25) is 0 Å². The Hall–Kier alpha value is -1.36. The summed E-state index contributed by atoms with van der Waals surface area (Å²) in [6, 6.07) is 6.45. The van der Waals surface area contributed by atoms with E-state index in [0.717, 1.165) is 12.8 Å². The molecule has 104 valence electrons. The fourth-order valence-corrected chi connectivity index (χ4v) is 2.96. The molecule has 0 bridgehead atoms. The van der Waals surface area contributed by atoms with Gasteiger partial charge in [-0.15, -0.1) is 0 Å². The molecule has 0 aromatic heterocycles. The van der Waals surface area contributed by atoms with E-state index < -0.39 is 9.84 Å². The number of hydrogen-bond acceptors (Lipinski definition) is 4. The zero-order chi connectivity index (χ0) is 13.9. The van der Waals surface area contributed by atoms with Gasteiger partial charge in [-0.1, -0.05) is 6.07 Å². The van der Waals surface area contributed by atoms with Crippen LogP contribution < -0.4 is 4.74 Å².